The van der Waals surface area contributed by atoms with Crippen molar-refractivity contribution in [1.82, 2.24) is 19.4 Å². The van der Waals surface area contributed by atoms with Crippen LogP contribution in [0.25, 0.3) is 11.0 Å². The number of ether oxygens (including phenoxy) is 1. The molecule has 0 saturated carbocycles. The summed E-state index contributed by atoms with van der Waals surface area (Å²) in [5.74, 6) is -0.138. The fraction of sp³-hybridized carbons (Fsp3) is 0.348. The molecule has 2 aromatic heterocycles. The van der Waals surface area contributed by atoms with Gasteiger partial charge in [-0.05, 0) is 40.9 Å². The summed E-state index contributed by atoms with van der Waals surface area (Å²) in [6, 6.07) is 11.0. The third kappa shape index (κ3) is 5.44. The van der Waals surface area contributed by atoms with Crippen LogP contribution in [0.5, 0.6) is 0 Å². The Morgan fingerprint density at radius 3 is 2.88 bits per heavy atom. The van der Waals surface area contributed by atoms with Crippen molar-refractivity contribution in [3.8, 4) is 0 Å². The Hall–Kier alpha value is -3.14. The van der Waals surface area contributed by atoms with E-state index in [1.165, 1.54) is 9.47 Å². The molecule has 172 valence electrons. The summed E-state index contributed by atoms with van der Waals surface area (Å²) < 4.78 is 21.6. The van der Waals surface area contributed by atoms with Crippen molar-refractivity contribution < 1.29 is 13.9 Å². The molecule has 0 radical (unpaired) electrons. The number of hydrogen-bond donors (Lipinski definition) is 0. The largest absolute Gasteiger partial charge is 0.445 e. The van der Waals surface area contributed by atoms with Crippen molar-refractivity contribution in [1.29, 1.82) is 0 Å². The zero-order chi connectivity index (χ0) is 23.4. The van der Waals surface area contributed by atoms with Gasteiger partial charge < -0.3 is 9.64 Å². The number of carbonyl (C=O) groups excluding carboxylic acids is 1. The number of alkyl halides is 1. The molecular formula is C23H23BrFN5O3. The van der Waals surface area contributed by atoms with Crippen molar-refractivity contribution in [2.45, 2.75) is 32.7 Å². The van der Waals surface area contributed by atoms with Gasteiger partial charge in [0, 0.05) is 36.8 Å². The number of benzene rings is 1. The lowest BCUT2D eigenvalue weighted by atomic mass is 9.98. The molecule has 2 atom stereocenters. The first-order valence-electron chi connectivity index (χ1n) is 10.6. The van der Waals surface area contributed by atoms with E-state index in [-0.39, 0.29) is 43.5 Å². The Morgan fingerprint density at radius 1 is 1.33 bits per heavy atom. The number of rotatable bonds is 5. The molecule has 0 spiro atoms. The second kappa shape index (κ2) is 10.2. The predicted octanol–water partition coefficient (Wildman–Crippen LogP) is 4.27. The van der Waals surface area contributed by atoms with E-state index in [0.717, 1.165) is 5.56 Å². The number of pyridine rings is 1. The molecule has 1 aliphatic heterocycles. The Labute approximate surface area is 198 Å². The number of aliphatic imine (C=N–C) groups is 1. The Balaban J connectivity index is 1.46. The Kier molecular flexibility index (Phi) is 7.12. The molecule has 1 fully saturated rings. The second-order valence-corrected chi connectivity index (χ2v) is 8.66. The first-order valence-corrected chi connectivity index (χ1v) is 11.4. The minimum absolute atomic E-state index is 0.0118. The third-order valence-electron chi connectivity index (χ3n) is 5.38. The van der Waals surface area contributed by atoms with Crippen molar-refractivity contribution in [2.24, 2.45) is 10.9 Å². The van der Waals surface area contributed by atoms with Gasteiger partial charge in [0.15, 0.2) is 0 Å². The average molecular weight is 516 g/mol. The first kappa shape index (κ1) is 23.0. The highest BCUT2D eigenvalue weighted by atomic mass is 79.9. The van der Waals surface area contributed by atoms with Crippen LogP contribution in [0.2, 0.25) is 0 Å². The van der Waals surface area contributed by atoms with Gasteiger partial charge in [-0.3, -0.25) is 9.36 Å². The Bertz CT molecular complexity index is 1230. The van der Waals surface area contributed by atoms with Gasteiger partial charge in [0.1, 0.15) is 18.4 Å². The molecule has 4 rings (SSSR count). The van der Waals surface area contributed by atoms with E-state index in [4.69, 9.17) is 4.74 Å². The van der Waals surface area contributed by atoms with Crippen molar-refractivity contribution in [3.05, 3.63) is 63.0 Å². The van der Waals surface area contributed by atoms with Gasteiger partial charge in [-0.1, -0.05) is 30.3 Å². The number of carbonyl (C=O) groups is 1. The minimum atomic E-state index is -1.18. The molecule has 0 aliphatic carbocycles. The first-order chi connectivity index (χ1) is 15.9. The molecule has 1 aliphatic rings. The van der Waals surface area contributed by atoms with Crippen LogP contribution in [0, 0.1) is 5.92 Å². The zero-order valence-electron chi connectivity index (χ0n) is 18.0. The van der Waals surface area contributed by atoms with E-state index in [2.05, 4.69) is 30.9 Å². The summed E-state index contributed by atoms with van der Waals surface area (Å²) in [5, 5.41) is 0.705. The molecule has 33 heavy (non-hydrogen) atoms. The number of piperidine rings is 1. The SMILES string of the molecule is CCn1c(=O)c(Br)cc2cnc(N=CC3C[C@H](F)CN(C(=O)OCc4ccccc4)C3)nc21. The fourth-order valence-electron chi connectivity index (χ4n) is 3.78. The van der Waals surface area contributed by atoms with E-state index in [1.54, 1.807) is 18.5 Å². The van der Waals surface area contributed by atoms with Crippen molar-refractivity contribution in [2.75, 3.05) is 13.1 Å². The number of fused-ring (bicyclic) bond motifs is 1. The molecule has 8 nitrogen and oxygen atoms in total. The molecule has 10 heteroatoms. The summed E-state index contributed by atoms with van der Waals surface area (Å²) >= 11 is 3.26. The fourth-order valence-corrected chi connectivity index (χ4v) is 4.24. The lowest BCUT2D eigenvalue weighted by Gasteiger charge is -2.32. The summed E-state index contributed by atoms with van der Waals surface area (Å²) in [6.45, 7) is 2.71. The van der Waals surface area contributed by atoms with E-state index in [1.807, 2.05) is 37.3 Å². The minimum Gasteiger partial charge on any atom is -0.445 e. The lowest BCUT2D eigenvalue weighted by Crippen LogP contribution is -2.45. The summed E-state index contributed by atoms with van der Waals surface area (Å²) in [4.78, 5) is 39.1. The summed E-state index contributed by atoms with van der Waals surface area (Å²) in [6.07, 6.45) is 1.67. The van der Waals surface area contributed by atoms with Gasteiger partial charge in [0.05, 0.1) is 11.0 Å². The van der Waals surface area contributed by atoms with E-state index >= 15 is 0 Å². The molecule has 1 unspecified atom stereocenters. The highest BCUT2D eigenvalue weighted by molar-refractivity contribution is 9.10. The molecule has 0 bridgehead atoms. The number of aromatic nitrogens is 3. The summed E-state index contributed by atoms with van der Waals surface area (Å²) in [7, 11) is 0. The summed E-state index contributed by atoms with van der Waals surface area (Å²) in [5.41, 5.74) is 1.16. The number of amides is 1. The molecular weight excluding hydrogens is 493 g/mol. The van der Waals surface area contributed by atoms with E-state index in [9.17, 15) is 14.0 Å². The van der Waals surface area contributed by atoms with Crippen LogP contribution in [-0.2, 0) is 17.9 Å². The maximum Gasteiger partial charge on any atom is 0.410 e. The van der Waals surface area contributed by atoms with E-state index < -0.39 is 12.3 Å². The van der Waals surface area contributed by atoms with Gasteiger partial charge in [-0.15, -0.1) is 0 Å². The van der Waals surface area contributed by atoms with Gasteiger partial charge >= 0.3 is 6.09 Å². The van der Waals surface area contributed by atoms with Crippen LogP contribution >= 0.6 is 15.9 Å². The topological polar surface area (TPSA) is 89.7 Å². The number of hydrogen-bond acceptors (Lipinski definition) is 6. The predicted molar refractivity (Wildman–Crippen MR) is 127 cm³/mol. The monoisotopic (exact) mass is 515 g/mol. The second-order valence-electron chi connectivity index (χ2n) is 7.81. The van der Waals surface area contributed by atoms with Gasteiger partial charge in [-0.2, -0.15) is 4.98 Å². The molecule has 3 aromatic rings. The van der Waals surface area contributed by atoms with Crippen molar-refractivity contribution >= 4 is 45.2 Å². The maximum atomic E-state index is 14.3. The number of nitrogens with zero attached hydrogens (tertiary/aromatic N) is 5. The molecule has 0 N–H and O–H groups in total. The molecule has 1 aromatic carbocycles. The molecule has 1 saturated heterocycles. The van der Waals surface area contributed by atoms with Crippen LogP contribution in [0.4, 0.5) is 15.1 Å². The number of halogens is 2. The van der Waals surface area contributed by atoms with Crippen LogP contribution in [0.15, 0.2) is 56.9 Å². The molecule has 3 heterocycles. The quantitative estimate of drug-likeness (QED) is 0.473. The van der Waals surface area contributed by atoms with Gasteiger partial charge in [-0.25, -0.2) is 19.2 Å². The normalized spacial score (nSPS) is 18.7. The smallest absolute Gasteiger partial charge is 0.410 e. The maximum absolute atomic E-state index is 14.3. The number of aryl methyl sites for hydroxylation is 1. The highest BCUT2D eigenvalue weighted by Gasteiger charge is 2.30. The van der Waals surface area contributed by atoms with E-state index in [0.29, 0.717) is 22.1 Å². The van der Waals surface area contributed by atoms with Crippen LogP contribution in [0.1, 0.15) is 18.9 Å². The van der Waals surface area contributed by atoms with Crippen LogP contribution in [-0.4, -0.2) is 51.0 Å². The van der Waals surface area contributed by atoms with Crippen molar-refractivity contribution in [3.63, 3.8) is 0 Å². The third-order valence-corrected chi connectivity index (χ3v) is 5.95. The Morgan fingerprint density at radius 2 is 2.12 bits per heavy atom. The van der Waals surface area contributed by atoms with Gasteiger partial charge in [0.25, 0.3) is 11.5 Å². The average Bonchev–Trinajstić information content (AvgIpc) is 2.82. The van der Waals surface area contributed by atoms with Gasteiger partial charge in [0.2, 0.25) is 0 Å². The van der Waals surface area contributed by atoms with Crippen LogP contribution in [0.3, 0.4) is 0 Å². The highest BCUT2D eigenvalue weighted by Crippen LogP contribution is 2.21. The molecule has 1 amide bonds. The number of likely N-dealkylation sites (tertiary alicyclic amines) is 1. The standard InChI is InChI=1S/C23H23BrFN5O3/c1-2-30-20-17(9-19(24)21(30)31)11-27-22(28-20)26-10-16-8-18(25)13-29(12-16)23(32)33-14-15-6-4-3-5-7-15/h3-7,9-11,16,18H,2,8,12-14H2,1H3/t16?,18-/m0/s1. The lowest BCUT2D eigenvalue weighted by molar-refractivity contribution is 0.0651. The van der Waals surface area contributed by atoms with Crippen LogP contribution < -0.4 is 5.56 Å². The zero-order valence-corrected chi connectivity index (χ0v) is 19.6.